The van der Waals surface area contributed by atoms with E-state index >= 15 is 0 Å². The highest BCUT2D eigenvalue weighted by Gasteiger charge is 2.16. The minimum Gasteiger partial charge on any atom is -0.456 e. The average Bonchev–Trinajstić information content (AvgIpc) is 3.84. The van der Waals surface area contributed by atoms with Gasteiger partial charge in [-0.3, -0.25) is 4.98 Å². The first-order chi connectivity index (χ1) is 27.7. The number of fused-ring (bicyclic) bond motifs is 6. The van der Waals surface area contributed by atoms with Crippen LogP contribution in [-0.4, -0.2) is 15.0 Å². The van der Waals surface area contributed by atoms with Crippen molar-refractivity contribution < 1.29 is 4.42 Å². The molecule has 0 spiro atoms. The van der Waals surface area contributed by atoms with Crippen molar-refractivity contribution in [2.24, 2.45) is 0 Å². The van der Waals surface area contributed by atoms with E-state index < -0.39 is 0 Å². The topological polar surface area (TPSA) is 51.8 Å². The van der Waals surface area contributed by atoms with Gasteiger partial charge in [-0.2, -0.15) is 0 Å². The van der Waals surface area contributed by atoms with Gasteiger partial charge in [0.1, 0.15) is 11.2 Å². The zero-order valence-corrected chi connectivity index (χ0v) is 30.9. The van der Waals surface area contributed by atoms with Gasteiger partial charge in [0.15, 0.2) is 5.82 Å². The third kappa shape index (κ3) is 5.65. The van der Waals surface area contributed by atoms with Gasteiger partial charge in [-0.25, -0.2) is 9.97 Å². The van der Waals surface area contributed by atoms with Crippen LogP contribution in [-0.2, 0) is 0 Å². The van der Waals surface area contributed by atoms with E-state index in [0.717, 1.165) is 72.3 Å². The van der Waals surface area contributed by atoms with Gasteiger partial charge in [-0.05, 0) is 70.3 Å². The third-order valence-electron chi connectivity index (χ3n) is 10.7. The Morgan fingerprint density at radius 3 is 1.71 bits per heavy atom. The summed E-state index contributed by atoms with van der Waals surface area (Å²) in [6.07, 6.45) is 3.69. The van der Waals surface area contributed by atoms with Crippen LogP contribution >= 0.6 is 11.3 Å². The summed E-state index contributed by atoms with van der Waals surface area (Å²) in [6, 6.07) is 61.9. The first-order valence-corrected chi connectivity index (χ1v) is 19.5. The number of furan rings is 1. The highest BCUT2D eigenvalue weighted by molar-refractivity contribution is 7.25. The van der Waals surface area contributed by atoms with Crippen LogP contribution in [0.15, 0.2) is 193 Å². The van der Waals surface area contributed by atoms with Crippen molar-refractivity contribution in [3.05, 3.63) is 188 Å². The first kappa shape index (κ1) is 32.2. The predicted molar refractivity (Wildman–Crippen MR) is 233 cm³/mol. The first-order valence-electron chi connectivity index (χ1n) is 18.6. The van der Waals surface area contributed by atoms with E-state index in [4.69, 9.17) is 14.4 Å². The smallest absolute Gasteiger partial charge is 0.161 e. The number of para-hydroxylation sites is 1. The fraction of sp³-hybridized carbons (Fsp3) is 0. The highest BCUT2D eigenvalue weighted by Crippen LogP contribution is 2.38. The maximum atomic E-state index is 6.09. The van der Waals surface area contributed by atoms with E-state index in [1.807, 2.05) is 47.9 Å². The molecule has 0 aliphatic rings. The van der Waals surface area contributed by atoms with Crippen molar-refractivity contribution in [3.63, 3.8) is 0 Å². The van der Waals surface area contributed by atoms with Crippen molar-refractivity contribution >= 4 is 53.4 Å². The Labute approximate surface area is 327 Å². The molecule has 0 bridgehead atoms. The molecule has 5 heteroatoms. The van der Waals surface area contributed by atoms with E-state index in [1.54, 1.807) is 6.20 Å². The van der Waals surface area contributed by atoms with Gasteiger partial charge in [0.05, 0.1) is 11.4 Å². The molecule has 0 aliphatic carbocycles. The second-order valence-corrected chi connectivity index (χ2v) is 15.1. The maximum absolute atomic E-state index is 6.09. The zero-order valence-electron chi connectivity index (χ0n) is 30.1. The lowest BCUT2D eigenvalue weighted by Crippen LogP contribution is -1.97. The SMILES string of the molecule is c1cncc(-c2ccccc2-c2nc(-c3ccc(-c4ccc5c(c4)sc4ccccc45)cc3)cc(-c3ccc(-c4ccc5oc6ccccc6c5c4)cc3)n2)c1. The molecule has 4 heterocycles. The standard InChI is InChI=1S/C51H31N3OS/c1-2-12-43(39(9-1)38-8-7-27-52-31-38)51-53-45(34-19-15-32(16-20-34)36-24-26-48-44(28-36)40-10-3-5-13-47(40)55-48)30-46(54-51)35-21-17-33(18-22-35)37-23-25-42-41-11-4-6-14-49(41)56-50(42)29-37/h1-31H. The van der Waals surface area contributed by atoms with Gasteiger partial charge >= 0.3 is 0 Å². The zero-order chi connectivity index (χ0) is 37.0. The second kappa shape index (κ2) is 13.3. The van der Waals surface area contributed by atoms with Crippen LogP contribution in [0, 0.1) is 0 Å². The Hall–Kier alpha value is -7.21. The van der Waals surface area contributed by atoms with Crippen LogP contribution in [0.25, 0.3) is 109 Å². The number of aromatic nitrogens is 3. The summed E-state index contributed by atoms with van der Waals surface area (Å²) in [4.78, 5) is 14.9. The van der Waals surface area contributed by atoms with Crippen LogP contribution in [0.1, 0.15) is 0 Å². The molecule has 0 radical (unpaired) electrons. The van der Waals surface area contributed by atoms with Crippen LogP contribution in [0.4, 0.5) is 0 Å². The number of thiophene rings is 1. The molecule has 11 rings (SSSR count). The van der Waals surface area contributed by atoms with Gasteiger partial charge in [0.25, 0.3) is 0 Å². The molecule has 262 valence electrons. The molecule has 7 aromatic carbocycles. The van der Waals surface area contributed by atoms with Gasteiger partial charge in [0, 0.05) is 65.6 Å². The van der Waals surface area contributed by atoms with E-state index in [-0.39, 0.29) is 0 Å². The summed E-state index contributed by atoms with van der Waals surface area (Å²) >= 11 is 1.84. The second-order valence-electron chi connectivity index (χ2n) is 14.0. The Morgan fingerprint density at radius 2 is 0.964 bits per heavy atom. The number of hydrogen-bond acceptors (Lipinski definition) is 5. The van der Waals surface area contributed by atoms with Gasteiger partial charge < -0.3 is 4.42 Å². The molecule has 0 saturated carbocycles. The summed E-state index contributed by atoms with van der Waals surface area (Å²) in [5.41, 5.74) is 13.2. The molecule has 0 unspecified atom stereocenters. The van der Waals surface area contributed by atoms with Gasteiger partial charge in [-0.15, -0.1) is 11.3 Å². The lowest BCUT2D eigenvalue weighted by molar-refractivity contribution is 0.669. The Morgan fingerprint density at radius 1 is 0.375 bits per heavy atom. The fourth-order valence-corrected chi connectivity index (χ4v) is 8.94. The van der Waals surface area contributed by atoms with Crippen LogP contribution in [0.3, 0.4) is 0 Å². The largest absolute Gasteiger partial charge is 0.456 e. The van der Waals surface area contributed by atoms with Crippen LogP contribution in [0.5, 0.6) is 0 Å². The molecule has 0 saturated heterocycles. The molecule has 0 atom stereocenters. The van der Waals surface area contributed by atoms with Crippen molar-refractivity contribution in [3.8, 4) is 67.3 Å². The summed E-state index contributed by atoms with van der Waals surface area (Å²) in [7, 11) is 0. The van der Waals surface area contributed by atoms with Crippen molar-refractivity contribution in [2.75, 3.05) is 0 Å². The Balaban J connectivity index is 0.992. The molecule has 11 aromatic rings. The third-order valence-corrected chi connectivity index (χ3v) is 11.8. The minimum atomic E-state index is 0.664. The normalized spacial score (nSPS) is 11.6. The van der Waals surface area contributed by atoms with Crippen LogP contribution in [0.2, 0.25) is 0 Å². The molecule has 0 fully saturated rings. The predicted octanol–water partition coefficient (Wildman–Crippen LogP) is 14.1. The summed E-state index contributed by atoms with van der Waals surface area (Å²) in [6.45, 7) is 0. The number of hydrogen-bond donors (Lipinski definition) is 0. The number of pyridine rings is 1. The maximum Gasteiger partial charge on any atom is 0.161 e. The fourth-order valence-electron chi connectivity index (χ4n) is 7.79. The summed E-state index contributed by atoms with van der Waals surface area (Å²) in [5, 5.41) is 4.86. The Bertz CT molecular complexity index is 3240. The van der Waals surface area contributed by atoms with E-state index in [0.29, 0.717) is 5.82 Å². The molecule has 0 N–H and O–H groups in total. The van der Waals surface area contributed by atoms with Crippen molar-refractivity contribution in [1.29, 1.82) is 0 Å². The van der Waals surface area contributed by atoms with E-state index in [2.05, 4.69) is 151 Å². The molecule has 0 aliphatic heterocycles. The van der Waals surface area contributed by atoms with Crippen molar-refractivity contribution in [2.45, 2.75) is 0 Å². The number of rotatable bonds is 6. The van der Waals surface area contributed by atoms with Crippen LogP contribution < -0.4 is 0 Å². The molecule has 4 nitrogen and oxygen atoms in total. The Kier molecular flexibility index (Phi) is 7.64. The molecular weight excluding hydrogens is 703 g/mol. The number of benzene rings is 7. The summed E-state index contributed by atoms with van der Waals surface area (Å²) in [5.74, 6) is 0.664. The van der Waals surface area contributed by atoms with E-state index in [9.17, 15) is 0 Å². The van der Waals surface area contributed by atoms with E-state index in [1.165, 1.54) is 31.3 Å². The lowest BCUT2D eigenvalue weighted by Gasteiger charge is -2.13. The molecular formula is C51H31N3OS. The van der Waals surface area contributed by atoms with Gasteiger partial charge in [0.2, 0.25) is 0 Å². The van der Waals surface area contributed by atoms with Gasteiger partial charge in [-0.1, -0.05) is 133 Å². The monoisotopic (exact) mass is 733 g/mol. The number of nitrogens with zero attached hydrogens (tertiary/aromatic N) is 3. The minimum absolute atomic E-state index is 0.664. The molecule has 0 amide bonds. The average molecular weight is 734 g/mol. The quantitative estimate of drug-likeness (QED) is 0.171. The summed E-state index contributed by atoms with van der Waals surface area (Å²) < 4.78 is 8.70. The molecule has 56 heavy (non-hydrogen) atoms. The highest BCUT2D eigenvalue weighted by atomic mass is 32.1. The van der Waals surface area contributed by atoms with Crippen molar-refractivity contribution in [1.82, 2.24) is 15.0 Å². The molecule has 4 aromatic heterocycles. The lowest BCUT2D eigenvalue weighted by atomic mass is 9.98.